The second kappa shape index (κ2) is 7.69. The molecule has 0 aromatic rings. The minimum atomic E-state index is 0.452. The molecule has 0 spiro atoms. The molecule has 2 heterocycles. The van der Waals surface area contributed by atoms with Crippen molar-refractivity contribution >= 4 is 0 Å². The molecule has 0 aliphatic carbocycles. The highest BCUT2D eigenvalue weighted by Crippen LogP contribution is 2.28. The molecule has 1 unspecified atom stereocenters. The van der Waals surface area contributed by atoms with E-state index in [1.165, 1.54) is 61.4 Å². The van der Waals surface area contributed by atoms with E-state index in [1.54, 1.807) is 0 Å². The smallest absolute Gasteiger partial charge is 0.159 e. The summed E-state index contributed by atoms with van der Waals surface area (Å²) in [6, 6.07) is 0. The van der Waals surface area contributed by atoms with Crippen molar-refractivity contribution in [3.63, 3.8) is 0 Å². The first-order valence-corrected chi connectivity index (χ1v) is 8.63. The van der Waals surface area contributed by atoms with Gasteiger partial charge in [0.2, 0.25) is 0 Å². The van der Waals surface area contributed by atoms with Crippen molar-refractivity contribution in [2.24, 2.45) is 0 Å². The van der Waals surface area contributed by atoms with Gasteiger partial charge in [-0.1, -0.05) is 33.1 Å². The minimum absolute atomic E-state index is 0.452. The second-order valence-electron chi connectivity index (χ2n) is 6.24. The van der Waals surface area contributed by atoms with Crippen LogP contribution >= 0.6 is 0 Å². The average molecular weight is 291 g/mol. The van der Waals surface area contributed by atoms with E-state index in [2.05, 4.69) is 24.8 Å². The van der Waals surface area contributed by atoms with Crippen LogP contribution < -0.4 is 4.90 Å². The van der Waals surface area contributed by atoms with Crippen molar-refractivity contribution in [1.29, 1.82) is 0 Å². The lowest BCUT2D eigenvalue weighted by atomic mass is 10.1. The summed E-state index contributed by atoms with van der Waals surface area (Å²) in [7, 11) is 0. The number of quaternary nitrogens is 1. The third-order valence-electron chi connectivity index (χ3n) is 4.61. The number of fused-ring (bicyclic) bond motifs is 1. The molecule has 0 saturated carbocycles. The molecule has 3 nitrogen and oxygen atoms in total. The molecule has 0 saturated heterocycles. The van der Waals surface area contributed by atoms with Crippen molar-refractivity contribution in [1.82, 2.24) is 4.90 Å². The van der Waals surface area contributed by atoms with Gasteiger partial charge in [-0.25, -0.2) is 0 Å². The highest BCUT2D eigenvalue weighted by molar-refractivity contribution is 5.40. The van der Waals surface area contributed by atoms with Crippen molar-refractivity contribution < 1.29 is 10.0 Å². The summed E-state index contributed by atoms with van der Waals surface area (Å²) in [5.41, 5.74) is 3.65. The number of hydrogen-bond donors (Lipinski definition) is 2. The molecule has 3 heteroatoms. The Hall–Kier alpha value is -1.22. The maximum atomic E-state index is 10.3. The van der Waals surface area contributed by atoms with Crippen LogP contribution in [0.1, 0.15) is 59.3 Å². The fraction of sp³-hybridized carbons (Fsp3) is 0.667. The first-order valence-electron chi connectivity index (χ1n) is 8.63. The number of nitrogens with zero attached hydrogens (tertiary/aromatic N) is 1. The monoisotopic (exact) mass is 291 g/mol. The lowest BCUT2D eigenvalue weighted by molar-refractivity contribution is -0.848. The van der Waals surface area contributed by atoms with E-state index in [0.29, 0.717) is 5.76 Å². The van der Waals surface area contributed by atoms with E-state index in [-0.39, 0.29) is 0 Å². The number of aliphatic hydroxyl groups excluding tert-OH is 1. The number of allylic oxidation sites excluding steroid dienone is 2. The molecule has 2 aliphatic rings. The van der Waals surface area contributed by atoms with Crippen LogP contribution in [0, 0.1) is 0 Å². The summed E-state index contributed by atoms with van der Waals surface area (Å²) in [6.07, 6.45) is 11.9. The summed E-state index contributed by atoms with van der Waals surface area (Å²) in [5.74, 6) is 0.452. The van der Waals surface area contributed by atoms with Gasteiger partial charge in [0.25, 0.3) is 0 Å². The molecule has 1 atom stereocenters. The SMILES string of the molecule is CCCCCN1C2=CC[NH+](CCCCC)C2=CC(O)=C1C. The average Bonchev–Trinajstić information content (AvgIpc) is 2.86. The standard InChI is InChI=1S/C18H30N2O/c1-4-6-8-11-19-13-10-16-17(19)14-18(21)15(3)20(16)12-9-7-5-2/h10,14,21H,4-9,11-13H2,1-3H3/p+1. The Morgan fingerprint density at radius 3 is 2.57 bits per heavy atom. The largest absolute Gasteiger partial charge is 0.506 e. The summed E-state index contributed by atoms with van der Waals surface area (Å²) >= 11 is 0. The predicted molar refractivity (Wildman–Crippen MR) is 87.9 cm³/mol. The number of rotatable bonds is 8. The Morgan fingerprint density at radius 1 is 1.14 bits per heavy atom. The van der Waals surface area contributed by atoms with Crippen molar-refractivity contribution in [2.75, 3.05) is 19.6 Å². The first-order chi connectivity index (χ1) is 10.2. The number of unbranched alkanes of at least 4 members (excludes halogenated alkanes) is 4. The van der Waals surface area contributed by atoms with Crippen molar-refractivity contribution in [3.05, 3.63) is 35.0 Å². The Balaban J connectivity index is 2.06. The zero-order valence-electron chi connectivity index (χ0n) is 13.9. The first kappa shape index (κ1) is 16.2. The zero-order chi connectivity index (χ0) is 15.2. The molecule has 21 heavy (non-hydrogen) atoms. The Labute approximate surface area is 129 Å². The highest BCUT2D eigenvalue weighted by atomic mass is 16.3. The molecule has 0 bridgehead atoms. The highest BCUT2D eigenvalue weighted by Gasteiger charge is 2.33. The Morgan fingerprint density at radius 2 is 1.86 bits per heavy atom. The van der Waals surface area contributed by atoms with E-state index >= 15 is 0 Å². The maximum absolute atomic E-state index is 10.3. The summed E-state index contributed by atoms with van der Waals surface area (Å²) in [6.45, 7) is 9.77. The van der Waals surface area contributed by atoms with Crippen LogP contribution in [0.25, 0.3) is 0 Å². The lowest BCUT2D eigenvalue weighted by Gasteiger charge is -2.31. The molecule has 2 rings (SSSR count). The minimum Gasteiger partial charge on any atom is -0.506 e. The summed E-state index contributed by atoms with van der Waals surface area (Å²) in [5, 5.41) is 10.3. The van der Waals surface area contributed by atoms with Gasteiger partial charge in [0.1, 0.15) is 18.0 Å². The van der Waals surface area contributed by atoms with Crippen molar-refractivity contribution in [2.45, 2.75) is 59.3 Å². The normalized spacial score (nSPS) is 21.5. The molecular weight excluding hydrogens is 260 g/mol. The molecule has 0 fully saturated rings. The fourth-order valence-corrected chi connectivity index (χ4v) is 3.25. The van der Waals surface area contributed by atoms with Gasteiger partial charge >= 0.3 is 0 Å². The van der Waals surface area contributed by atoms with Gasteiger partial charge in [0.05, 0.1) is 12.2 Å². The van der Waals surface area contributed by atoms with Crippen LogP contribution in [0.4, 0.5) is 0 Å². The van der Waals surface area contributed by atoms with Crippen LogP contribution in [0.15, 0.2) is 35.0 Å². The van der Waals surface area contributed by atoms with Gasteiger partial charge < -0.3 is 10.0 Å². The van der Waals surface area contributed by atoms with Crippen LogP contribution in [0.5, 0.6) is 0 Å². The van der Waals surface area contributed by atoms with Gasteiger partial charge in [-0.05, 0) is 32.3 Å². The number of nitrogens with one attached hydrogen (secondary N) is 1. The van der Waals surface area contributed by atoms with Crippen LogP contribution in [-0.2, 0) is 0 Å². The molecule has 0 aromatic carbocycles. The quantitative estimate of drug-likeness (QED) is 0.673. The van der Waals surface area contributed by atoms with E-state index in [1.807, 2.05) is 13.0 Å². The molecule has 0 amide bonds. The third-order valence-corrected chi connectivity index (χ3v) is 4.61. The van der Waals surface area contributed by atoms with Crippen LogP contribution in [0.2, 0.25) is 0 Å². The Kier molecular flexibility index (Phi) is 5.92. The second-order valence-corrected chi connectivity index (χ2v) is 6.24. The van der Waals surface area contributed by atoms with E-state index < -0.39 is 0 Å². The van der Waals surface area contributed by atoms with E-state index in [9.17, 15) is 5.11 Å². The molecule has 0 radical (unpaired) electrons. The number of aliphatic hydroxyl groups is 1. The van der Waals surface area contributed by atoms with Crippen LogP contribution in [-0.4, -0.2) is 29.6 Å². The van der Waals surface area contributed by atoms with Crippen molar-refractivity contribution in [3.8, 4) is 0 Å². The topological polar surface area (TPSA) is 27.9 Å². The molecule has 2 aliphatic heterocycles. The van der Waals surface area contributed by atoms with Gasteiger partial charge in [0.15, 0.2) is 5.70 Å². The third kappa shape index (κ3) is 3.70. The van der Waals surface area contributed by atoms with Crippen LogP contribution in [0.3, 0.4) is 0 Å². The van der Waals surface area contributed by atoms with Gasteiger partial charge in [-0.3, -0.25) is 4.90 Å². The summed E-state index contributed by atoms with van der Waals surface area (Å²) in [4.78, 5) is 3.84. The fourth-order valence-electron chi connectivity index (χ4n) is 3.25. The Bertz CT molecular complexity index is 448. The molecule has 118 valence electrons. The number of hydrogen-bond acceptors (Lipinski definition) is 2. The van der Waals surface area contributed by atoms with E-state index in [0.717, 1.165) is 18.8 Å². The van der Waals surface area contributed by atoms with Gasteiger partial charge in [0, 0.05) is 12.6 Å². The molecule has 0 aromatic heterocycles. The van der Waals surface area contributed by atoms with Gasteiger partial charge in [-0.2, -0.15) is 0 Å². The lowest BCUT2D eigenvalue weighted by Crippen LogP contribution is -3.09. The summed E-state index contributed by atoms with van der Waals surface area (Å²) < 4.78 is 0. The zero-order valence-corrected chi connectivity index (χ0v) is 13.9. The predicted octanol–water partition coefficient (Wildman–Crippen LogP) is 3.14. The molecular formula is C18H31N2O+. The van der Waals surface area contributed by atoms with E-state index in [4.69, 9.17) is 0 Å². The molecule has 2 N–H and O–H groups in total. The maximum Gasteiger partial charge on any atom is 0.159 e. The van der Waals surface area contributed by atoms with Gasteiger partial charge in [-0.15, -0.1) is 0 Å².